The molecule has 0 bridgehead atoms. The molecule has 1 heterocycles. The molecule has 1 aliphatic rings. The van der Waals surface area contributed by atoms with E-state index in [1.54, 1.807) is 0 Å². The second-order valence-electron chi connectivity index (χ2n) is 5.51. The average molecular weight is 306 g/mol. The lowest BCUT2D eigenvalue weighted by molar-refractivity contribution is 0.0998. The summed E-state index contributed by atoms with van der Waals surface area (Å²) in [5, 5.41) is 5.69. The number of pyridine rings is 1. The molecule has 0 aliphatic heterocycles. The van der Waals surface area contributed by atoms with Crippen LogP contribution in [0, 0.1) is 0 Å². The fraction of sp³-hybridized carbons (Fsp3) is 0.533. The standard InChI is InChI=1S/C15H22N4O3/c1-2-3-7-17-15(22)19-12-6-4-5-11-9(12)8-10(13(16)20)14(21)18-11/h8,12H,2-7H2,1H3,(H2,16,20)(H,18,21)(H2,17,19,22). The fourth-order valence-corrected chi connectivity index (χ4v) is 2.66. The number of aromatic nitrogens is 1. The molecule has 120 valence electrons. The zero-order valence-corrected chi connectivity index (χ0v) is 12.7. The van der Waals surface area contributed by atoms with Gasteiger partial charge in [0.05, 0.1) is 6.04 Å². The second-order valence-corrected chi connectivity index (χ2v) is 5.51. The van der Waals surface area contributed by atoms with Gasteiger partial charge >= 0.3 is 6.03 Å². The van der Waals surface area contributed by atoms with Crippen molar-refractivity contribution in [2.45, 2.75) is 45.1 Å². The first-order valence-electron chi connectivity index (χ1n) is 7.63. The second kappa shape index (κ2) is 7.11. The Kier molecular flexibility index (Phi) is 5.19. The first-order valence-corrected chi connectivity index (χ1v) is 7.63. The summed E-state index contributed by atoms with van der Waals surface area (Å²) in [6, 6.07) is 1.05. The topological polar surface area (TPSA) is 117 Å². The van der Waals surface area contributed by atoms with Gasteiger partial charge in [0.1, 0.15) is 5.56 Å². The molecular weight excluding hydrogens is 284 g/mol. The van der Waals surface area contributed by atoms with Crippen molar-refractivity contribution in [2.75, 3.05) is 6.54 Å². The first-order chi connectivity index (χ1) is 10.5. The monoisotopic (exact) mass is 306 g/mol. The minimum Gasteiger partial charge on any atom is -0.365 e. The molecule has 0 saturated carbocycles. The van der Waals surface area contributed by atoms with E-state index in [-0.39, 0.29) is 17.6 Å². The summed E-state index contributed by atoms with van der Waals surface area (Å²) in [5.74, 6) is -0.763. The number of nitrogens with one attached hydrogen (secondary N) is 3. The Morgan fingerprint density at radius 3 is 2.91 bits per heavy atom. The predicted octanol–water partition coefficient (Wildman–Crippen LogP) is 0.951. The highest BCUT2D eigenvalue weighted by Crippen LogP contribution is 2.28. The van der Waals surface area contributed by atoms with Crippen LogP contribution in [0.25, 0.3) is 0 Å². The number of rotatable bonds is 5. The van der Waals surface area contributed by atoms with Crippen molar-refractivity contribution >= 4 is 11.9 Å². The summed E-state index contributed by atoms with van der Waals surface area (Å²) in [6.07, 6.45) is 4.28. The van der Waals surface area contributed by atoms with Crippen molar-refractivity contribution in [1.29, 1.82) is 0 Å². The number of nitrogens with two attached hydrogens (primary N) is 1. The van der Waals surface area contributed by atoms with Gasteiger partial charge in [-0.3, -0.25) is 9.59 Å². The van der Waals surface area contributed by atoms with E-state index in [0.29, 0.717) is 6.54 Å². The molecule has 0 spiro atoms. The Morgan fingerprint density at radius 1 is 1.45 bits per heavy atom. The van der Waals surface area contributed by atoms with Crippen molar-refractivity contribution in [3.8, 4) is 0 Å². The molecule has 22 heavy (non-hydrogen) atoms. The van der Waals surface area contributed by atoms with Crippen LogP contribution in [0.15, 0.2) is 10.9 Å². The van der Waals surface area contributed by atoms with E-state index in [4.69, 9.17) is 5.73 Å². The van der Waals surface area contributed by atoms with E-state index >= 15 is 0 Å². The highest BCUT2D eigenvalue weighted by Gasteiger charge is 2.24. The third kappa shape index (κ3) is 3.66. The van der Waals surface area contributed by atoms with Crippen molar-refractivity contribution < 1.29 is 9.59 Å². The number of fused-ring (bicyclic) bond motifs is 1. The highest BCUT2D eigenvalue weighted by molar-refractivity contribution is 5.92. The maximum atomic E-state index is 11.9. The number of H-pyrrole nitrogens is 1. The minimum atomic E-state index is -0.763. The SMILES string of the molecule is CCCCNC(=O)NC1CCCc2[nH]c(=O)c(C(N)=O)cc21. The van der Waals surface area contributed by atoms with E-state index in [9.17, 15) is 14.4 Å². The number of aromatic amines is 1. The molecule has 1 aliphatic carbocycles. The molecule has 1 atom stereocenters. The van der Waals surface area contributed by atoms with Crippen LogP contribution >= 0.6 is 0 Å². The van der Waals surface area contributed by atoms with Crippen LogP contribution in [0.3, 0.4) is 0 Å². The Bertz CT molecular complexity index is 624. The Hall–Kier alpha value is -2.31. The summed E-state index contributed by atoms with van der Waals surface area (Å²) in [7, 11) is 0. The Morgan fingerprint density at radius 2 is 2.23 bits per heavy atom. The van der Waals surface area contributed by atoms with Crippen molar-refractivity contribution in [3.05, 3.63) is 33.2 Å². The number of aryl methyl sites for hydroxylation is 1. The molecule has 0 saturated heterocycles. The van der Waals surface area contributed by atoms with E-state index in [0.717, 1.165) is 43.4 Å². The largest absolute Gasteiger partial charge is 0.365 e. The lowest BCUT2D eigenvalue weighted by Gasteiger charge is -2.26. The zero-order chi connectivity index (χ0) is 16.1. The van der Waals surface area contributed by atoms with Crippen LogP contribution in [0.5, 0.6) is 0 Å². The molecule has 1 aromatic heterocycles. The Balaban J connectivity index is 2.17. The molecule has 7 nitrogen and oxygen atoms in total. The number of hydrogen-bond donors (Lipinski definition) is 4. The number of carbonyl (C=O) groups is 2. The molecular formula is C15H22N4O3. The van der Waals surface area contributed by atoms with Crippen LogP contribution in [-0.2, 0) is 6.42 Å². The van der Waals surface area contributed by atoms with Gasteiger partial charge in [-0.2, -0.15) is 0 Å². The third-order valence-electron chi connectivity index (χ3n) is 3.84. The van der Waals surface area contributed by atoms with Gasteiger partial charge in [-0.1, -0.05) is 13.3 Å². The normalized spacial score (nSPS) is 16.7. The molecule has 1 unspecified atom stereocenters. The van der Waals surface area contributed by atoms with Gasteiger partial charge in [0.15, 0.2) is 0 Å². The van der Waals surface area contributed by atoms with E-state index < -0.39 is 11.5 Å². The van der Waals surface area contributed by atoms with Crippen molar-refractivity contribution in [1.82, 2.24) is 15.6 Å². The minimum absolute atomic E-state index is 0.0705. The van der Waals surface area contributed by atoms with E-state index in [2.05, 4.69) is 22.5 Å². The smallest absolute Gasteiger partial charge is 0.315 e. The van der Waals surface area contributed by atoms with Crippen molar-refractivity contribution in [3.63, 3.8) is 0 Å². The van der Waals surface area contributed by atoms with E-state index in [1.165, 1.54) is 6.07 Å². The number of urea groups is 1. The molecule has 3 amide bonds. The highest BCUT2D eigenvalue weighted by atomic mass is 16.2. The molecule has 5 N–H and O–H groups in total. The maximum Gasteiger partial charge on any atom is 0.315 e. The van der Waals surface area contributed by atoms with Gasteiger partial charge in [0, 0.05) is 12.2 Å². The third-order valence-corrected chi connectivity index (χ3v) is 3.84. The van der Waals surface area contributed by atoms with Crippen LogP contribution in [0.1, 0.15) is 60.3 Å². The summed E-state index contributed by atoms with van der Waals surface area (Å²) >= 11 is 0. The van der Waals surface area contributed by atoms with Gasteiger partial charge in [0.25, 0.3) is 11.5 Å². The van der Waals surface area contributed by atoms with Gasteiger partial charge in [0.2, 0.25) is 0 Å². The van der Waals surface area contributed by atoms with Crippen LogP contribution < -0.4 is 21.9 Å². The summed E-state index contributed by atoms with van der Waals surface area (Å²) in [6.45, 7) is 2.68. The summed E-state index contributed by atoms with van der Waals surface area (Å²) in [5.41, 5.74) is 6.21. The van der Waals surface area contributed by atoms with Crippen LogP contribution in [0.2, 0.25) is 0 Å². The van der Waals surface area contributed by atoms with Gasteiger partial charge < -0.3 is 21.4 Å². The predicted molar refractivity (Wildman–Crippen MR) is 82.7 cm³/mol. The maximum absolute atomic E-state index is 11.9. The van der Waals surface area contributed by atoms with Crippen LogP contribution in [-0.4, -0.2) is 23.5 Å². The lowest BCUT2D eigenvalue weighted by Crippen LogP contribution is -2.40. The number of amides is 3. The van der Waals surface area contributed by atoms with Crippen molar-refractivity contribution in [2.24, 2.45) is 5.73 Å². The number of hydrogen-bond acceptors (Lipinski definition) is 3. The first kappa shape index (κ1) is 16.1. The van der Waals surface area contributed by atoms with E-state index in [1.807, 2.05) is 0 Å². The summed E-state index contributed by atoms with van der Waals surface area (Å²) in [4.78, 5) is 37.7. The summed E-state index contributed by atoms with van der Waals surface area (Å²) < 4.78 is 0. The number of carbonyl (C=O) groups excluding carboxylic acids is 2. The van der Waals surface area contributed by atoms with Gasteiger partial charge in [-0.25, -0.2) is 4.79 Å². The van der Waals surface area contributed by atoms with Gasteiger partial charge in [-0.05, 0) is 37.3 Å². The number of unbranched alkanes of at least 4 members (excludes halogenated alkanes) is 1. The Labute approximate surface area is 128 Å². The molecule has 2 rings (SSSR count). The molecule has 0 radical (unpaired) electrons. The molecule has 7 heteroatoms. The average Bonchev–Trinajstić information content (AvgIpc) is 2.46. The van der Waals surface area contributed by atoms with Crippen LogP contribution in [0.4, 0.5) is 4.79 Å². The lowest BCUT2D eigenvalue weighted by atomic mass is 9.90. The fourth-order valence-electron chi connectivity index (χ4n) is 2.66. The zero-order valence-electron chi connectivity index (χ0n) is 12.7. The molecule has 0 fully saturated rings. The quantitative estimate of drug-likeness (QED) is 0.607. The molecule has 1 aromatic rings. The number of primary amides is 1. The van der Waals surface area contributed by atoms with Gasteiger partial charge in [-0.15, -0.1) is 0 Å². The molecule has 0 aromatic carbocycles.